The zero-order chi connectivity index (χ0) is 9.44. The van der Waals surface area contributed by atoms with Crippen molar-refractivity contribution in [1.29, 1.82) is 0 Å². The van der Waals surface area contributed by atoms with Gasteiger partial charge in [0.05, 0.1) is 0 Å². The second kappa shape index (κ2) is 7.07. The van der Waals surface area contributed by atoms with Crippen molar-refractivity contribution in [3.8, 4) is 0 Å². The molecule has 0 heterocycles. The van der Waals surface area contributed by atoms with E-state index in [1.54, 1.807) is 0 Å². The van der Waals surface area contributed by atoms with Gasteiger partial charge < -0.3 is 0 Å². The molecule has 0 N–H and O–H groups in total. The molecule has 0 saturated carbocycles. The third-order valence-electron chi connectivity index (χ3n) is 1.21. The molecule has 0 unspecified atom stereocenters. The van der Waals surface area contributed by atoms with E-state index < -0.39 is 0 Å². The van der Waals surface area contributed by atoms with Gasteiger partial charge in [0.1, 0.15) is 0 Å². The number of hydrogen-bond donors (Lipinski definition) is 0. The zero-order valence-electron chi connectivity index (χ0n) is 7.91. The van der Waals surface area contributed by atoms with E-state index in [2.05, 4.69) is 26.3 Å². The van der Waals surface area contributed by atoms with Crippen LogP contribution in [0.3, 0.4) is 0 Å². The summed E-state index contributed by atoms with van der Waals surface area (Å²) in [6.45, 7) is 19.6. The van der Waals surface area contributed by atoms with Gasteiger partial charge in [0.15, 0.2) is 0 Å². The van der Waals surface area contributed by atoms with Crippen LogP contribution in [-0.4, -0.2) is 0 Å². The highest BCUT2D eigenvalue weighted by atomic mass is 14.0. The standard InChI is InChI=1S/C9H14.C2H4/c1-6-9(7(2)3)8(4)5;1-2/h6H,2,4H2,1,3,5H3;1-2H2. The molecule has 0 aliphatic rings. The highest BCUT2D eigenvalue weighted by Crippen LogP contribution is 2.14. The monoisotopic (exact) mass is 150 g/mol. The molecule has 0 saturated heterocycles. The van der Waals surface area contributed by atoms with Gasteiger partial charge in [-0.25, -0.2) is 0 Å². The van der Waals surface area contributed by atoms with Crippen molar-refractivity contribution in [1.82, 2.24) is 0 Å². The first-order chi connectivity index (χ1) is 5.09. The van der Waals surface area contributed by atoms with E-state index in [9.17, 15) is 0 Å². The molecule has 0 atom stereocenters. The van der Waals surface area contributed by atoms with Crippen molar-refractivity contribution in [3.63, 3.8) is 0 Å². The minimum absolute atomic E-state index is 1.09. The van der Waals surface area contributed by atoms with E-state index >= 15 is 0 Å². The second-order valence-corrected chi connectivity index (χ2v) is 2.26. The Morgan fingerprint density at radius 2 is 1.27 bits per heavy atom. The van der Waals surface area contributed by atoms with Crippen LogP contribution in [0.25, 0.3) is 0 Å². The molecule has 0 amide bonds. The topological polar surface area (TPSA) is 0 Å². The molecule has 0 aromatic heterocycles. The van der Waals surface area contributed by atoms with Crippen molar-refractivity contribution in [2.45, 2.75) is 20.8 Å². The van der Waals surface area contributed by atoms with Crippen LogP contribution >= 0.6 is 0 Å². The Kier molecular flexibility index (Phi) is 8.11. The molecule has 0 fully saturated rings. The predicted octanol–water partition coefficient (Wildman–Crippen LogP) is 3.89. The Morgan fingerprint density at radius 3 is 1.27 bits per heavy atom. The fourth-order valence-electron chi connectivity index (χ4n) is 0.857. The quantitative estimate of drug-likeness (QED) is 0.414. The Morgan fingerprint density at radius 1 is 1.00 bits per heavy atom. The van der Waals surface area contributed by atoms with Crippen molar-refractivity contribution in [2.24, 2.45) is 0 Å². The van der Waals surface area contributed by atoms with Gasteiger partial charge in [-0.3, -0.25) is 0 Å². The van der Waals surface area contributed by atoms with E-state index in [4.69, 9.17) is 0 Å². The number of rotatable bonds is 2. The first-order valence-electron chi connectivity index (χ1n) is 3.57. The van der Waals surface area contributed by atoms with Gasteiger partial charge in [-0.15, -0.1) is 13.2 Å². The van der Waals surface area contributed by atoms with Crippen LogP contribution in [-0.2, 0) is 0 Å². The maximum absolute atomic E-state index is 3.82. The molecule has 0 rings (SSSR count). The summed E-state index contributed by atoms with van der Waals surface area (Å²) in [5.41, 5.74) is 3.35. The summed E-state index contributed by atoms with van der Waals surface area (Å²) in [6.07, 6.45) is 2.03. The molecular weight excluding hydrogens is 132 g/mol. The summed E-state index contributed by atoms with van der Waals surface area (Å²) in [4.78, 5) is 0. The molecule has 0 aromatic carbocycles. The van der Waals surface area contributed by atoms with Crippen molar-refractivity contribution in [2.75, 3.05) is 0 Å². The van der Waals surface area contributed by atoms with Gasteiger partial charge in [0, 0.05) is 0 Å². The third-order valence-corrected chi connectivity index (χ3v) is 1.21. The predicted molar refractivity (Wildman–Crippen MR) is 54.6 cm³/mol. The summed E-state index contributed by atoms with van der Waals surface area (Å²) in [7, 11) is 0. The Labute approximate surface area is 70.6 Å². The Balaban J connectivity index is 0. The van der Waals surface area contributed by atoms with Crippen LogP contribution in [0.1, 0.15) is 20.8 Å². The van der Waals surface area contributed by atoms with Crippen LogP contribution in [0.5, 0.6) is 0 Å². The molecule has 0 nitrogen and oxygen atoms in total. The third kappa shape index (κ3) is 5.41. The van der Waals surface area contributed by atoms with Gasteiger partial charge in [-0.05, 0) is 26.3 Å². The van der Waals surface area contributed by atoms with E-state index in [1.165, 1.54) is 5.57 Å². The lowest BCUT2D eigenvalue weighted by Gasteiger charge is -2.02. The second-order valence-electron chi connectivity index (χ2n) is 2.26. The van der Waals surface area contributed by atoms with Gasteiger partial charge >= 0.3 is 0 Å². The molecule has 0 radical (unpaired) electrons. The first kappa shape index (κ1) is 12.6. The summed E-state index contributed by atoms with van der Waals surface area (Å²) >= 11 is 0. The van der Waals surface area contributed by atoms with Crippen LogP contribution in [0.2, 0.25) is 0 Å². The number of allylic oxidation sites excluding steroid dienone is 4. The smallest absolute Gasteiger partial charge is 0.0253 e. The van der Waals surface area contributed by atoms with Crippen LogP contribution in [0, 0.1) is 0 Å². The van der Waals surface area contributed by atoms with E-state index in [0.717, 1.165) is 11.1 Å². The summed E-state index contributed by atoms with van der Waals surface area (Å²) in [6, 6.07) is 0. The molecule has 0 heteroatoms. The Bertz CT molecular complexity index is 154. The van der Waals surface area contributed by atoms with E-state index in [-0.39, 0.29) is 0 Å². The van der Waals surface area contributed by atoms with Gasteiger partial charge in [0.25, 0.3) is 0 Å². The fraction of sp³-hybridized carbons (Fsp3) is 0.273. The molecule has 62 valence electrons. The summed E-state index contributed by atoms with van der Waals surface area (Å²) < 4.78 is 0. The lowest BCUT2D eigenvalue weighted by molar-refractivity contribution is 1.33. The fourth-order valence-corrected chi connectivity index (χ4v) is 0.857. The first-order valence-corrected chi connectivity index (χ1v) is 3.57. The molecule has 0 aliphatic heterocycles. The molecule has 0 bridgehead atoms. The van der Waals surface area contributed by atoms with E-state index in [0.29, 0.717) is 0 Å². The van der Waals surface area contributed by atoms with E-state index in [1.807, 2.05) is 26.8 Å². The minimum Gasteiger partial charge on any atom is -0.106 e. The zero-order valence-corrected chi connectivity index (χ0v) is 7.91. The van der Waals surface area contributed by atoms with Gasteiger partial charge in [0.2, 0.25) is 0 Å². The normalized spacial score (nSPS) is 7.18. The van der Waals surface area contributed by atoms with Crippen LogP contribution < -0.4 is 0 Å². The average Bonchev–Trinajstić information content (AvgIpc) is 1.91. The van der Waals surface area contributed by atoms with Crippen LogP contribution in [0.4, 0.5) is 0 Å². The Hall–Kier alpha value is -1.04. The lowest BCUT2D eigenvalue weighted by Crippen LogP contribution is -1.82. The minimum atomic E-state index is 1.09. The van der Waals surface area contributed by atoms with Crippen LogP contribution in [0.15, 0.2) is 49.1 Å². The van der Waals surface area contributed by atoms with Crippen molar-refractivity contribution >= 4 is 0 Å². The SMILES string of the molecule is C=C.C=C(C)C(=CC)C(=C)C. The molecule has 0 aliphatic carbocycles. The largest absolute Gasteiger partial charge is 0.106 e. The maximum Gasteiger partial charge on any atom is -0.0253 e. The number of hydrogen-bond acceptors (Lipinski definition) is 0. The molecule has 0 aromatic rings. The molecule has 11 heavy (non-hydrogen) atoms. The molecular formula is C11H18. The average molecular weight is 150 g/mol. The lowest BCUT2D eigenvalue weighted by atomic mass is 10.0. The van der Waals surface area contributed by atoms with Gasteiger partial charge in [-0.2, -0.15) is 0 Å². The highest BCUT2D eigenvalue weighted by Gasteiger charge is 1.94. The highest BCUT2D eigenvalue weighted by molar-refractivity contribution is 5.40. The summed E-state index contributed by atoms with van der Waals surface area (Å²) in [5, 5.41) is 0. The van der Waals surface area contributed by atoms with Crippen molar-refractivity contribution < 1.29 is 0 Å². The summed E-state index contributed by atoms with van der Waals surface area (Å²) in [5.74, 6) is 0. The maximum atomic E-state index is 3.82. The molecule has 0 spiro atoms. The van der Waals surface area contributed by atoms with Crippen molar-refractivity contribution in [3.05, 3.63) is 49.1 Å². The van der Waals surface area contributed by atoms with Gasteiger partial charge in [-0.1, -0.05) is 30.4 Å².